The van der Waals surface area contributed by atoms with E-state index in [0.717, 1.165) is 0 Å². The number of carbonyl (C=O) groups excluding carboxylic acids is 3. The van der Waals surface area contributed by atoms with Crippen molar-refractivity contribution in [2.75, 3.05) is 6.54 Å². The first-order chi connectivity index (χ1) is 12.3. The van der Waals surface area contributed by atoms with Crippen LogP contribution >= 0.6 is 0 Å². The molecule has 1 heterocycles. The molecular weight excluding hydrogens is 338 g/mol. The molecule has 5 N–H and O–H groups in total. The quantitative estimate of drug-likeness (QED) is 0.502. The van der Waals surface area contributed by atoms with E-state index in [1.807, 2.05) is 13.8 Å². The first-order valence-corrected chi connectivity index (χ1v) is 8.69. The fraction of sp³-hybridized carbons (Fsp3) is 0.500. The SMILES string of the molecule is CC(C)C[C@@H]1NC(=O)[C@H](NC(=O)c2cccc(O)c2O)CCCNC1=O. The minimum absolute atomic E-state index is 0.120. The minimum atomic E-state index is -0.841. The predicted octanol–water partition coefficient (Wildman–Crippen LogP) is 0.637. The van der Waals surface area contributed by atoms with Crippen molar-refractivity contribution in [3.05, 3.63) is 23.8 Å². The molecule has 1 fully saturated rings. The molecule has 0 unspecified atom stereocenters. The van der Waals surface area contributed by atoms with Crippen LogP contribution in [-0.2, 0) is 9.59 Å². The van der Waals surface area contributed by atoms with Gasteiger partial charge in [-0.05, 0) is 37.3 Å². The summed E-state index contributed by atoms with van der Waals surface area (Å²) in [4.78, 5) is 37.1. The van der Waals surface area contributed by atoms with Crippen LogP contribution in [0.4, 0.5) is 0 Å². The molecule has 1 aliphatic rings. The van der Waals surface area contributed by atoms with Crippen molar-refractivity contribution in [2.45, 2.75) is 45.2 Å². The van der Waals surface area contributed by atoms with E-state index in [2.05, 4.69) is 16.0 Å². The molecule has 1 aliphatic heterocycles. The summed E-state index contributed by atoms with van der Waals surface area (Å²) in [6.07, 6.45) is 1.35. The Morgan fingerprint density at radius 3 is 2.69 bits per heavy atom. The summed E-state index contributed by atoms with van der Waals surface area (Å²) in [5, 5.41) is 27.4. The molecule has 0 bridgehead atoms. The first kappa shape index (κ1) is 19.6. The number of benzene rings is 1. The zero-order chi connectivity index (χ0) is 19.3. The van der Waals surface area contributed by atoms with Gasteiger partial charge in [0, 0.05) is 6.54 Å². The van der Waals surface area contributed by atoms with Gasteiger partial charge in [0.2, 0.25) is 11.8 Å². The molecule has 0 radical (unpaired) electrons. The third-order valence-corrected chi connectivity index (χ3v) is 4.19. The van der Waals surface area contributed by atoms with Gasteiger partial charge in [0.15, 0.2) is 11.5 Å². The third kappa shape index (κ3) is 4.87. The molecule has 1 saturated heterocycles. The lowest BCUT2D eigenvalue weighted by Crippen LogP contribution is -2.52. The van der Waals surface area contributed by atoms with Crippen LogP contribution in [0.15, 0.2) is 18.2 Å². The summed E-state index contributed by atoms with van der Waals surface area (Å²) < 4.78 is 0. The normalized spacial score (nSPS) is 21.2. The van der Waals surface area contributed by atoms with Gasteiger partial charge in [0.25, 0.3) is 5.91 Å². The maximum absolute atomic E-state index is 12.6. The minimum Gasteiger partial charge on any atom is -0.504 e. The molecular formula is C18H25N3O5. The highest BCUT2D eigenvalue weighted by Crippen LogP contribution is 2.28. The molecule has 1 aromatic carbocycles. The highest BCUT2D eigenvalue weighted by atomic mass is 16.3. The van der Waals surface area contributed by atoms with Gasteiger partial charge in [0.05, 0.1) is 5.56 Å². The highest BCUT2D eigenvalue weighted by Gasteiger charge is 2.29. The molecule has 0 aromatic heterocycles. The van der Waals surface area contributed by atoms with Crippen LogP contribution in [0.1, 0.15) is 43.5 Å². The summed E-state index contributed by atoms with van der Waals surface area (Å²) in [7, 11) is 0. The lowest BCUT2D eigenvalue weighted by molar-refractivity contribution is -0.129. The highest BCUT2D eigenvalue weighted by molar-refractivity contribution is 6.00. The van der Waals surface area contributed by atoms with Crippen LogP contribution in [0.2, 0.25) is 0 Å². The summed E-state index contributed by atoms with van der Waals surface area (Å²) in [6, 6.07) is 2.53. The number of carbonyl (C=O) groups is 3. The number of hydrogen-bond acceptors (Lipinski definition) is 5. The fourth-order valence-electron chi connectivity index (χ4n) is 2.84. The zero-order valence-electron chi connectivity index (χ0n) is 14.9. The Bertz CT molecular complexity index is 689. The van der Waals surface area contributed by atoms with Crippen molar-refractivity contribution >= 4 is 17.7 Å². The van der Waals surface area contributed by atoms with E-state index in [1.165, 1.54) is 18.2 Å². The number of phenolic OH excluding ortho intramolecular Hbond substituents is 2. The molecule has 8 heteroatoms. The van der Waals surface area contributed by atoms with Gasteiger partial charge in [-0.25, -0.2) is 0 Å². The topological polar surface area (TPSA) is 128 Å². The smallest absolute Gasteiger partial charge is 0.255 e. The lowest BCUT2D eigenvalue weighted by atomic mass is 10.0. The molecule has 142 valence electrons. The van der Waals surface area contributed by atoms with E-state index in [0.29, 0.717) is 25.8 Å². The Kier molecular flexibility index (Phi) is 6.43. The Labute approximate surface area is 152 Å². The molecule has 3 amide bonds. The summed E-state index contributed by atoms with van der Waals surface area (Å²) in [6.45, 7) is 4.32. The summed E-state index contributed by atoms with van der Waals surface area (Å²) in [5.74, 6) is -2.08. The number of nitrogens with one attached hydrogen (secondary N) is 3. The Morgan fingerprint density at radius 1 is 1.27 bits per heavy atom. The number of amides is 3. The Balaban J connectivity index is 2.14. The van der Waals surface area contributed by atoms with Crippen LogP contribution in [0.25, 0.3) is 0 Å². The van der Waals surface area contributed by atoms with Gasteiger partial charge in [-0.15, -0.1) is 0 Å². The second kappa shape index (κ2) is 8.55. The van der Waals surface area contributed by atoms with E-state index in [4.69, 9.17) is 0 Å². The largest absolute Gasteiger partial charge is 0.504 e. The van der Waals surface area contributed by atoms with Crippen LogP contribution in [-0.4, -0.2) is 46.6 Å². The average molecular weight is 363 g/mol. The standard InChI is InChI=1S/C18H25N3O5/c1-10(2)9-13-17(25)19-8-4-6-12(18(26)21-13)20-16(24)11-5-3-7-14(22)15(11)23/h3,5,7,10,12-13,22-23H,4,6,8-9H2,1-2H3,(H,19,25)(H,20,24)(H,21,26)/t12-,13+/m1/s1. The van der Waals surface area contributed by atoms with Crippen LogP contribution in [0.3, 0.4) is 0 Å². The molecule has 0 aliphatic carbocycles. The van der Waals surface area contributed by atoms with Crippen molar-refractivity contribution in [3.8, 4) is 11.5 Å². The first-order valence-electron chi connectivity index (χ1n) is 8.69. The number of hydrogen-bond donors (Lipinski definition) is 5. The molecule has 0 spiro atoms. The second-order valence-electron chi connectivity index (χ2n) is 6.82. The number of para-hydroxylation sites is 1. The van der Waals surface area contributed by atoms with E-state index >= 15 is 0 Å². The average Bonchev–Trinajstić information content (AvgIpc) is 2.63. The summed E-state index contributed by atoms with van der Waals surface area (Å²) >= 11 is 0. The molecule has 1 aromatic rings. The predicted molar refractivity (Wildman–Crippen MR) is 94.7 cm³/mol. The lowest BCUT2D eigenvalue weighted by Gasteiger charge is -2.22. The maximum atomic E-state index is 12.6. The van der Waals surface area contributed by atoms with Crippen molar-refractivity contribution in [1.29, 1.82) is 0 Å². The van der Waals surface area contributed by atoms with E-state index in [9.17, 15) is 24.6 Å². The van der Waals surface area contributed by atoms with Crippen molar-refractivity contribution < 1.29 is 24.6 Å². The van der Waals surface area contributed by atoms with Crippen LogP contribution < -0.4 is 16.0 Å². The number of aromatic hydroxyl groups is 2. The van der Waals surface area contributed by atoms with Gasteiger partial charge in [-0.3, -0.25) is 14.4 Å². The molecule has 26 heavy (non-hydrogen) atoms. The number of phenols is 2. The second-order valence-corrected chi connectivity index (χ2v) is 6.82. The summed E-state index contributed by atoms with van der Waals surface area (Å²) in [5.41, 5.74) is -0.120. The van der Waals surface area contributed by atoms with Crippen molar-refractivity contribution in [3.63, 3.8) is 0 Å². The number of rotatable bonds is 4. The van der Waals surface area contributed by atoms with E-state index in [-0.39, 0.29) is 17.4 Å². The van der Waals surface area contributed by atoms with E-state index < -0.39 is 35.4 Å². The Hall–Kier alpha value is -2.77. The van der Waals surface area contributed by atoms with Crippen LogP contribution in [0.5, 0.6) is 11.5 Å². The zero-order valence-corrected chi connectivity index (χ0v) is 14.9. The van der Waals surface area contributed by atoms with Gasteiger partial charge < -0.3 is 26.2 Å². The van der Waals surface area contributed by atoms with E-state index in [1.54, 1.807) is 0 Å². The molecule has 8 nitrogen and oxygen atoms in total. The molecule has 2 rings (SSSR count). The van der Waals surface area contributed by atoms with Crippen molar-refractivity contribution in [2.24, 2.45) is 5.92 Å². The van der Waals surface area contributed by atoms with Crippen LogP contribution in [0, 0.1) is 5.92 Å². The van der Waals surface area contributed by atoms with Gasteiger partial charge in [0.1, 0.15) is 12.1 Å². The van der Waals surface area contributed by atoms with Gasteiger partial charge >= 0.3 is 0 Å². The molecule has 0 saturated carbocycles. The monoisotopic (exact) mass is 363 g/mol. The van der Waals surface area contributed by atoms with Gasteiger partial charge in [-0.1, -0.05) is 19.9 Å². The van der Waals surface area contributed by atoms with Gasteiger partial charge in [-0.2, -0.15) is 0 Å². The fourth-order valence-corrected chi connectivity index (χ4v) is 2.84. The maximum Gasteiger partial charge on any atom is 0.255 e. The molecule has 2 atom stereocenters. The Morgan fingerprint density at radius 2 is 2.00 bits per heavy atom. The van der Waals surface area contributed by atoms with Crippen molar-refractivity contribution in [1.82, 2.24) is 16.0 Å². The third-order valence-electron chi connectivity index (χ3n) is 4.19.